The van der Waals surface area contributed by atoms with Gasteiger partial charge in [-0.05, 0) is 41.8 Å². The second-order valence-electron chi connectivity index (χ2n) is 6.23. The number of rotatable bonds is 3. The molecule has 5 heteroatoms. The topological polar surface area (TPSA) is 55.3 Å². The summed E-state index contributed by atoms with van der Waals surface area (Å²) in [5.74, 6) is 0.0491. The number of carbonyl (C=O) groups excluding carboxylic acids is 1. The number of benzene rings is 2. The van der Waals surface area contributed by atoms with Gasteiger partial charge in [-0.3, -0.25) is 4.79 Å². The second-order valence-corrected chi connectivity index (χ2v) is 6.23. The third-order valence-electron chi connectivity index (χ3n) is 4.48. The van der Waals surface area contributed by atoms with Gasteiger partial charge in [0, 0.05) is 24.5 Å². The van der Waals surface area contributed by atoms with Crippen molar-refractivity contribution in [3.63, 3.8) is 0 Å². The molecule has 3 aromatic rings. The highest BCUT2D eigenvalue weighted by atomic mass is 16.5. The lowest BCUT2D eigenvalue weighted by Crippen LogP contribution is -2.44. The molecule has 0 bridgehead atoms. The number of hydrogen-bond acceptors (Lipinski definition) is 4. The molecule has 1 unspecified atom stereocenters. The number of aromatic nitrogens is 2. The monoisotopic (exact) mass is 333 g/mol. The molecule has 0 aliphatic carbocycles. The lowest BCUT2D eigenvalue weighted by Gasteiger charge is -2.32. The van der Waals surface area contributed by atoms with Crippen molar-refractivity contribution in [3.8, 4) is 6.01 Å². The molecule has 0 N–H and O–H groups in total. The zero-order chi connectivity index (χ0) is 17.1. The fraction of sp³-hybridized carbons (Fsp3) is 0.250. The molecule has 0 radical (unpaired) electrons. The third kappa shape index (κ3) is 3.45. The van der Waals surface area contributed by atoms with Crippen molar-refractivity contribution in [1.82, 2.24) is 14.9 Å². The Morgan fingerprint density at radius 2 is 1.84 bits per heavy atom. The average molecular weight is 333 g/mol. The normalized spacial score (nSPS) is 17.4. The lowest BCUT2D eigenvalue weighted by molar-refractivity contribution is 0.0516. The molecule has 1 aromatic heterocycles. The standard InChI is InChI=1S/C20H19N3O2/c24-19(17-9-8-15-5-1-2-6-16(15)13-17)23-12-3-7-18(14-23)25-20-21-10-4-11-22-20/h1-2,4-6,8-11,13,18H,3,7,12,14H2. The van der Waals surface area contributed by atoms with E-state index in [1.54, 1.807) is 18.5 Å². The number of ether oxygens (including phenoxy) is 1. The highest BCUT2D eigenvalue weighted by Crippen LogP contribution is 2.20. The second kappa shape index (κ2) is 6.89. The predicted molar refractivity (Wildman–Crippen MR) is 95.5 cm³/mol. The average Bonchev–Trinajstić information content (AvgIpc) is 2.68. The smallest absolute Gasteiger partial charge is 0.316 e. The van der Waals surface area contributed by atoms with E-state index in [9.17, 15) is 4.79 Å². The SMILES string of the molecule is O=C(c1ccc2ccccc2c1)N1CCCC(Oc2ncccn2)C1. The Labute approximate surface area is 146 Å². The Bertz CT molecular complexity index is 882. The summed E-state index contributed by atoms with van der Waals surface area (Å²) < 4.78 is 5.83. The number of fused-ring (bicyclic) bond motifs is 1. The summed E-state index contributed by atoms with van der Waals surface area (Å²) >= 11 is 0. The molecule has 1 saturated heterocycles. The van der Waals surface area contributed by atoms with Crippen LogP contribution in [0.25, 0.3) is 10.8 Å². The molecule has 2 aromatic carbocycles. The molecule has 25 heavy (non-hydrogen) atoms. The molecular weight excluding hydrogens is 314 g/mol. The number of hydrogen-bond donors (Lipinski definition) is 0. The molecule has 126 valence electrons. The van der Waals surface area contributed by atoms with Gasteiger partial charge in [-0.1, -0.05) is 30.3 Å². The summed E-state index contributed by atoms with van der Waals surface area (Å²) in [6, 6.07) is 16.0. The summed E-state index contributed by atoms with van der Waals surface area (Å²) in [6.07, 6.45) is 5.06. The summed E-state index contributed by atoms with van der Waals surface area (Å²) in [5.41, 5.74) is 0.718. The molecule has 1 atom stereocenters. The number of amides is 1. The summed E-state index contributed by atoms with van der Waals surface area (Å²) in [6.45, 7) is 1.31. The van der Waals surface area contributed by atoms with Crippen molar-refractivity contribution in [2.24, 2.45) is 0 Å². The maximum Gasteiger partial charge on any atom is 0.316 e. The first-order valence-corrected chi connectivity index (χ1v) is 8.51. The van der Waals surface area contributed by atoms with Crippen molar-refractivity contribution in [2.75, 3.05) is 13.1 Å². The van der Waals surface area contributed by atoms with E-state index >= 15 is 0 Å². The zero-order valence-electron chi connectivity index (χ0n) is 13.8. The maximum absolute atomic E-state index is 12.9. The van der Waals surface area contributed by atoms with Crippen LogP contribution in [0, 0.1) is 0 Å². The van der Waals surface area contributed by atoms with Crippen LogP contribution in [0.4, 0.5) is 0 Å². The van der Waals surface area contributed by atoms with Gasteiger partial charge in [-0.25, -0.2) is 9.97 Å². The molecule has 2 heterocycles. The number of likely N-dealkylation sites (tertiary alicyclic amines) is 1. The van der Waals surface area contributed by atoms with Crippen molar-refractivity contribution in [3.05, 3.63) is 66.5 Å². The first-order chi connectivity index (χ1) is 12.3. The zero-order valence-corrected chi connectivity index (χ0v) is 13.8. The summed E-state index contributed by atoms with van der Waals surface area (Å²) in [4.78, 5) is 22.9. The van der Waals surface area contributed by atoms with Gasteiger partial charge in [-0.15, -0.1) is 0 Å². The van der Waals surface area contributed by atoms with E-state index in [0.717, 1.165) is 35.7 Å². The fourth-order valence-electron chi connectivity index (χ4n) is 3.22. The van der Waals surface area contributed by atoms with Crippen molar-refractivity contribution in [1.29, 1.82) is 0 Å². The van der Waals surface area contributed by atoms with E-state index in [1.807, 2.05) is 47.4 Å². The molecule has 0 saturated carbocycles. The number of nitrogens with zero attached hydrogens (tertiary/aromatic N) is 3. The van der Waals surface area contributed by atoms with Crippen LogP contribution < -0.4 is 4.74 Å². The van der Waals surface area contributed by atoms with E-state index < -0.39 is 0 Å². The van der Waals surface area contributed by atoms with E-state index in [4.69, 9.17) is 4.74 Å². The van der Waals surface area contributed by atoms with Crippen LogP contribution in [0.2, 0.25) is 0 Å². The molecule has 5 nitrogen and oxygen atoms in total. The molecule has 4 rings (SSSR count). The van der Waals surface area contributed by atoms with Crippen LogP contribution in [-0.4, -0.2) is 40.0 Å². The fourth-order valence-corrected chi connectivity index (χ4v) is 3.22. The molecule has 0 spiro atoms. The third-order valence-corrected chi connectivity index (χ3v) is 4.48. The van der Waals surface area contributed by atoms with Crippen LogP contribution in [0.3, 0.4) is 0 Å². The minimum atomic E-state index is -0.0689. The highest BCUT2D eigenvalue weighted by Gasteiger charge is 2.26. The van der Waals surface area contributed by atoms with Gasteiger partial charge < -0.3 is 9.64 Å². The van der Waals surface area contributed by atoms with Gasteiger partial charge in [-0.2, -0.15) is 0 Å². The number of carbonyl (C=O) groups is 1. The van der Waals surface area contributed by atoms with Crippen LogP contribution in [0.1, 0.15) is 23.2 Å². The first kappa shape index (κ1) is 15.6. The highest BCUT2D eigenvalue weighted by molar-refractivity contribution is 5.98. The van der Waals surface area contributed by atoms with Crippen LogP contribution in [0.5, 0.6) is 6.01 Å². The van der Waals surface area contributed by atoms with Crippen LogP contribution in [0.15, 0.2) is 60.9 Å². The minimum Gasteiger partial charge on any atom is -0.458 e. The largest absolute Gasteiger partial charge is 0.458 e. The Morgan fingerprint density at radius 1 is 1.04 bits per heavy atom. The van der Waals surface area contributed by atoms with Crippen molar-refractivity contribution < 1.29 is 9.53 Å². The predicted octanol–water partition coefficient (Wildman–Crippen LogP) is 3.31. The number of piperidine rings is 1. The van der Waals surface area contributed by atoms with E-state index in [0.29, 0.717) is 12.6 Å². The van der Waals surface area contributed by atoms with E-state index in [-0.39, 0.29) is 12.0 Å². The Kier molecular flexibility index (Phi) is 4.29. The van der Waals surface area contributed by atoms with Crippen LogP contribution >= 0.6 is 0 Å². The lowest BCUT2D eigenvalue weighted by atomic mass is 10.0. The molecule has 1 aliphatic heterocycles. The maximum atomic E-state index is 12.9. The molecule has 1 amide bonds. The van der Waals surface area contributed by atoms with Gasteiger partial charge in [0.05, 0.1) is 6.54 Å². The van der Waals surface area contributed by atoms with Gasteiger partial charge in [0.25, 0.3) is 5.91 Å². The molecule has 1 aliphatic rings. The summed E-state index contributed by atoms with van der Waals surface area (Å²) in [5, 5.41) is 2.22. The van der Waals surface area contributed by atoms with Gasteiger partial charge in [0.2, 0.25) is 0 Å². The summed E-state index contributed by atoms with van der Waals surface area (Å²) in [7, 11) is 0. The van der Waals surface area contributed by atoms with Crippen LogP contribution in [-0.2, 0) is 0 Å². The molecule has 1 fully saturated rings. The van der Waals surface area contributed by atoms with Crippen molar-refractivity contribution in [2.45, 2.75) is 18.9 Å². The van der Waals surface area contributed by atoms with Gasteiger partial charge >= 0.3 is 6.01 Å². The van der Waals surface area contributed by atoms with E-state index in [2.05, 4.69) is 9.97 Å². The minimum absolute atomic E-state index is 0.0491. The quantitative estimate of drug-likeness (QED) is 0.738. The first-order valence-electron chi connectivity index (χ1n) is 8.51. The Balaban J connectivity index is 1.49. The Morgan fingerprint density at radius 3 is 2.68 bits per heavy atom. The molecular formula is C20H19N3O2. The van der Waals surface area contributed by atoms with Gasteiger partial charge in [0.15, 0.2) is 0 Å². The van der Waals surface area contributed by atoms with Gasteiger partial charge in [0.1, 0.15) is 6.10 Å². The van der Waals surface area contributed by atoms with E-state index in [1.165, 1.54) is 0 Å². The Hall–Kier alpha value is -2.95. The van der Waals surface area contributed by atoms with Crippen molar-refractivity contribution >= 4 is 16.7 Å².